The Hall–Kier alpha value is -1.95. The van der Waals surface area contributed by atoms with E-state index in [0.717, 1.165) is 12.1 Å². The Morgan fingerprint density at radius 3 is 2.29 bits per heavy atom. The SMILES string of the molecule is CN(Cc1ccc(OC(F)(F)F)cc1)Cc1cccn1C. The van der Waals surface area contributed by atoms with Crippen LogP contribution in [0.3, 0.4) is 0 Å². The highest BCUT2D eigenvalue weighted by Gasteiger charge is 2.30. The van der Waals surface area contributed by atoms with Crippen molar-refractivity contribution in [1.29, 1.82) is 0 Å². The fourth-order valence-electron chi connectivity index (χ4n) is 2.10. The molecule has 114 valence electrons. The van der Waals surface area contributed by atoms with Gasteiger partial charge in [0.05, 0.1) is 0 Å². The van der Waals surface area contributed by atoms with Gasteiger partial charge in [-0.3, -0.25) is 4.90 Å². The van der Waals surface area contributed by atoms with E-state index in [1.165, 1.54) is 17.8 Å². The van der Waals surface area contributed by atoms with Crippen LogP contribution in [0, 0.1) is 0 Å². The molecule has 6 heteroatoms. The highest BCUT2D eigenvalue weighted by molar-refractivity contribution is 5.27. The van der Waals surface area contributed by atoms with E-state index in [2.05, 4.69) is 9.64 Å². The van der Waals surface area contributed by atoms with E-state index in [1.807, 2.05) is 37.0 Å². The molecular formula is C15H17F3N2O. The minimum absolute atomic E-state index is 0.198. The van der Waals surface area contributed by atoms with Crippen LogP contribution in [0.2, 0.25) is 0 Å². The van der Waals surface area contributed by atoms with Gasteiger partial charge in [0.25, 0.3) is 0 Å². The molecule has 0 atom stereocenters. The molecule has 21 heavy (non-hydrogen) atoms. The van der Waals surface area contributed by atoms with E-state index >= 15 is 0 Å². The number of ether oxygens (including phenoxy) is 1. The van der Waals surface area contributed by atoms with Crippen LogP contribution in [0.1, 0.15) is 11.3 Å². The molecular weight excluding hydrogens is 281 g/mol. The summed E-state index contributed by atoms with van der Waals surface area (Å²) in [6.45, 7) is 1.42. The van der Waals surface area contributed by atoms with E-state index in [4.69, 9.17) is 0 Å². The first-order chi connectivity index (χ1) is 9.83. The molecule has 1 heterocycles. The van der Waals surface area contributed by atoms with Crippen LogP contribution in [-0.2, 0) is 20.1 Å². The molecule has 2 aromatic rings. The Morgan fingerprint density at radius 1 is 1.10 bits per heavy atom. The molecule has 0 bridgehead atoms. The van der Waals surface area contributed by atoms with Gasteiger partial charge in [0.15, 0.2) is 0 Å². The number of hydrogen-bond donors (Lipinski definition) is 0. The van der Waals surface area contributed by atoms with Crippen molar-refractivity contribution in [1.82, 2.24) is 9.47 Å². The zero-order chi connectivity index (χ0) is 15.5. The zero-order valence-corrected chi connectivity index (χ0v) is 11.9. The predicted octanol–water partition coefficient (Wildman–Crippen LogP) is 3.56. The summed E-state index contributed by atoms with van der Waals surface area (Å²) in [4.78, 5) is 2.09. The Balaban J connectivity index is 1.92. The number of alkyl halides is 3. The summed E-state index contributed by atoms with van der Waals surface area (Å²) < 4.78 is 42.1. The number of benzene rings is 1. The van der Waals surface area contributed by atoms with Gasteiger partial charge >= 0.3 is 6.36 Å². The van der Waals surface area contributed by atoms with Crippen molar-refractivity contribution in [2.75, 3.05) is 7.05 Å². The molecule has 0 saturated carbocycles. The normalized spacial score (nSPS) is 11.9. The summed E-state index contributed by atoms with van der Waals surface area (Å²) in [6.07, 6.45) is -2.67. The molecule has 0 N–H and O–H groups in total. The lowest BCUT2D eigenvalue weighted by atomic mass is 10.2. The highest BCUT2D eigenvalue weighted by atomic mass is 19.4. The van der Waals surface area contributed by atoms with Gasteiger partial charge in [0.1, 0.15) is 5.75 Å². The van der Waals surface area contributed by atoms with E-state index in [0.29, 0.717) is 6.54 Å². The topological polar surface area (TPSA) is 17.4 Å². The first kappa shape index (κ1) is 15.4. The van der Waals surface area contributed by atoms with E-state index in [9.17, 15) is 13.2 Å². The van der Waals surface area contributed by atoms with Crippen LogP contribution < -0.4 is 4.74 Å². The van der Waals surface area contributed by atoms with Gasteiger partial charge < -0.3 is 9.30 Å². The quantitative estimate of drug-likeness (QED) is 0.840. The van der Waals surface area contributed by atoms with Gasteiger partial charge in [-0.15, -0.1) is 13.2 Å². The fraction of sp³-hybridized carbons (Fsp3) is 0.333. The molecule has 0 saturated heterocycles. The summed E-state index contributed by atoms with van der Waals surface area (Å²) in [6, 6.07) is 9.96. The average molecular weight is 298 g/mol. The van der Waals surface area contributed by atoms with Crippen molar-refractivity contribution in [3.8, 4) is 5.75 Å². The van der Waals surface area contributed by atoms with Crippen LogP contribution in [0.15, 0.2) is 42.6 Å². The maximum atomic E-state index is 12.1. The van der Waals surface area contributed by atoms with E-state index in [1.54, 1.807) is 12.1 Å². The molecule has 0 fully saturated rings. The molecule has 0 unspecified atom stereocenters. The van der Waals surface area contributed by atoms with Crippen LogP contribution in [-0.4, -0.2) is 22.9 Å². The van der Waals surface area contributed by atoms with Gasteiger partial charge in [-0.25, -0.2) is 0 Å². The third-order valence-electron chi connectivity index (χ3n) is 3.09. The molecule has 0 aliphatic rings. The second-order valence-electron chi connectivity index (χ2n) is 4.97. The Morgan fingerprint density at radius 2 is 1.76 bits per heavy atom. The lowest BCUT2D eigenvalue weighted by Gasteiger charge is -2.17. The first-order valence-corrected chi connectivity index (χ1v) is 6.47. The lowest BCUT2D eigenvalue weighted by molar-refractivity contribution is -0.274. The molecule has 0 amide bonds. The summed E-state index contributed by atoms with van der Waals surface area (Å²) >= 11 is 0. The summed E-state index contributed by atoms with van der Waals surface area (Å²) in [7, 11) is 3.94. The van der Waals surface area contributed by atoms with Crippen LogP contribution in [0.5, 0.6) is 5.75 Å². The number of halogens is 3. The maximum absolute atomic E-state index is 12.1. The van der Waals surface area contributed by atoms with E-state index in [-0.39, 0.29) is 5.75 Å². The van der Waals surface area contributed by atoms with Gasteiger partial charge in [-0.2, -0.15) is 0 Å². The molecule has 0 aliphatic carbocycles. The smallest absolute Gasteiger partial charge is 0.406 e. The van der Waals surface area contributed by atoms with Crippen LogP contribution >= 0.6 is 0 Å². The molecule has 1 aromatic heterocycles. The molecule has 1 aromatic carbocycles. The molecule has 2 rings (SSSR count). The zero-order valence-electron chi connectivity index (χ0n) is 11.9. The third-order valence-corrected chi connectivity index (χ3v) is 3.09. The number of aromatic nitrogens is 1. The molecule has 0 radical (unpaired) electrons. The second kappa shape index (κ2) is 6.22. The van der Waals surface area contributed by atoms with Gasteiger partial charge in [0.2, 0.25) is 0 Å². The van der Waals surface area contributed by atoms with Gasteiger partial charge in [0, 0.05) is 32.0 Å². The Bertz CT molecular complexity index is 575. The molecule has 0 aliphatic heterocycles. The average Bonchev–Trinajstić information content (AvgIpc) is 2.76. The third kappa shape index (κ3) is 4.82. The van der Waals surface area contributed by atoms with Crippen molar-refractivity contribution >= 4 is 0 Å². The minimum Gasteiger partial charge on any atom is -0.406 e. The van der Waals surface area contributed by atoms with Crippen molar-refractivity contribution in [2.24, 2.45) is 7.05 Å². The van der Waals surface area contributed by atoms with Crippen molar-refractivity contribution in [3.05, 3.63) is 53.9 Å². The van der Waals surface area contributed by atoms with Crippen molar-refractivity contribution < 1.29 is 17.9 Å². The predicted molar refractivity (Wildman–Crippen MR) is 73.7 cm³/mol. The Labute approximate surface area is 121 Å². The number of rotatable bonds is 5. The number of hydrogen-bond acceptors (Lipinski definition) is 2. The maximum Gasteiger partial charge on any atom is 0.573 e. The second-order valence-corrected chi connectivity index (χ2v) is 4.97. The minimum atomic E-state index is -4.65. The summed E-state index contributed by atoms with van der Waals surface area (Å²) in [5.74, 6) is -0.198. The first-order valence-electron chi connectivity index (χ1n) is 6.47. The monoisotopic (exact) mass is 298 g/mol. The molecule has 3 nitrogen and oxygen atoms in total. The lowest BCUT2D eigenvalue weighted by Crippen LogP contribution is -2.19. The number of nitrogens with zero attached hydrogens (tertiary/aromatic N) is 2. The van der Waals surface area contributed by atoms with E-state index < -0.39 is 6.36 Å². The van der Waals surface area contributed by atoms with Crippen LogP contribution in [0.4, 0.5) is 13.2 Å². The van der Waals surface area contributed by atoms with Gasteiger partial charge in [-0.05, 0) is 36.9 Å². The fourth-order valence-corrected chi connectivity index (χ4v) is 2.10. The number of aryl methyl sites for hydroxylation is 1. The van der Waals surface area contributed by atoms with Crippen molar-refractivity contribution in [3.63, 3.8) is 0 Å². The Kier molecular flexibility index (Phi) is 4.57. The largest absolute Gasteiger partial charge is 0.573 e. The highest BCUT2D eigenvalue weighted by Crippen LogP contribution is 2.23. The summed E-state index contributed by atoms with van der Waals surface area (Å²) in [5, 5.41) is 0. The van der Waals surface area contributed by atoms with Crippen molar-refractivity contribution in [2.45, 2.75) is 19.5 Å². The standard InChI is InChI=1S/C15H17F3N2O/c1-19(11-13-4-3-9-20(13)2)10-12-5-7-14(8-6-12)21-15(16,17)18/h3-9H,10-11H2,1-2H3. The summed E-state index contributed by atoms with van der Waals surface area (Å²) in [5.41, 5.74) is 2.11. The van der Waals surface area contributed by atoms with Gasteiger partial charge in [-0.1, -0.05) is 12.1 Å². The molecule has 0 spiro atoms. The van der Waals surface area contributed by atoms with Crippen LogP contribution in [0.25, 0.3) is 0 Å².